The van der Waals surface area contributed by atoms with Gasteiger partial charge in [0, 0.05) is 12.3 Å². The van der Waals surface area contributed by atoms with Gasteiger partial charge in [0.15, 0.2) is 6.61 Å². The number of nitrogens with zero attached hydrogens (tertiary/aromatic N) is 2. The average Bonchev–Trinajstić information content (AvgIpc) is 3.22. The number of rotatable bonds is 11. The monoisotopic (exact) mass is 555 g/mol. The normalized spacial score (nSPS) is 11.3. The highest BCUT2D eigenvalue weighted by molar-refractivity contribution is 5.90. The summed E-state index contributed by atoms with van der Waals surface area (Å²) in [7, 11) is 0. The number of hydrogen-bond acceptors (Lipinski definition) is 10. The lowest BCUT2D eigenvalue weighted by Gasteiger charge is -2.19. The minimum absolute atomic E-state index is 0.523. The Labute approximate surface area is 233 Å². The molecule has 1 N–H and O–H groups in total. The second-order valence-electron chi connectivity index (χ2n) is 10.4. The van der Waals surface area contributed by atoms with Crippen LogP contribution in [-0.2, 0) is 35.4 Å². The lowest BCUT2D eigenvalue weighted by molar-refractivity contribution is -0.258. The Morgan fingerprint density at radius 1 is 1.02 bits per heavy atom. The first kappa shape index (κ1) is 30.4. The molecular weight excluding hydrogens is 518 g/mol. The third kappa shape index (κ3) is 8.44. The fourth-order valence-electron chi connectivity index (χ4n) is 3.98. The molecule has 0 aliphatic heterocycles. The van der Waals surface area contributed by atoms with Gasteiger partial charge in [-0.25, -0.2) is 15.1 Å². The molecule has 2 aromatic carbocycles. The number of carbonyl (C=O) groups is 3. The second kappa shape index (κ2) is 13.3. The average molecular weight is 556 g/mol. The predicted molar refractivity (Wildman–Crippen MR) is 148 cm³/mol. The number of aromatic nitrogens is 2. The van der Waals surface area contributed by atoms with Crippen molar-refractivity contribution in [2.45, 2.75) is 79.8 Å². The van der Waals surface area contributed by atoms with Crippen LogP contribution in [-0.4, -0.2) is 40.0 Å². The molecule has 11 heteroatoms. The summed E-state index contributed by atoms with van der Waals surface area (Å²) < 4.78 is 17.7. The van der Waals surface area contributed by atoms with Crippen LogP contribution in [0.3, 0.4) is 0 Å². The molecule has 1 aromatic heterocycles. The van der Waals surface area contributed by atoms with E-state index in [4.69, 9.17) is 14.5 Å². The van der Waals surface area contributed by atoms with Gasteiger partial charge in [-0.1, -0.05) is 24.8 Å². The Bertz CT molecular complexity index is 1350. The summed E-state index contributed by atoms with van der Waals surface area (Å²) in [6.45, 7) is 12.0. The van der Waals surface area contributed by atoms with E-state index in [9.17, 15) is 14.4 Å². The van der Waals surface area contributed by atoms with Gasteiger partial charge in [-0.3, -0.25) is 9.68 Å². The molecule has 3 aromatic rings. The summed E-state index contributed by atoms with van der Waals surface area (Å²) in [6, 6.07) is 9.01. The number of aryl methyl sites for hydroxylation is 3. The Balaban J connectivity index is 1.80. The zero-order valence-corrected chi connectivity index (χ0v) is 24.1. The van der Waals surface area contributed by atoms with Gasteiger partial charge in [-0.2, -0.15) is 9.78 Å². The van der Waals surface area contributed by atoms with E-state index in [0.29, 0.717) is 22.7 Å². The van der Waals surface area contributed by atoms with E-state index in [1.165, 1.54) is 11.6 Å². The molecule has 0 bridgehead atoms. The van der Waals surface area contributed by atoms with Gasteiger partial charge in [0.1, 0.15) is 17.1 Å². The van der Waals surface area contributed by atoms with Gasteiger partial charge in [-0.15, -0.1) is 0 Å². The van der Waals surface area contributed by atoms with Gasteiger partial charge in [0.05, 0.1) is 16.9 Å². The summed E-state index contributed by atoms with van der Waals surface area (Å²) in [4.78, 5) is 44.4. The molecule has 0 saturated carbocycles. The molecule has 0 aliphatic carbocycles. The van der Waals surface area contributed by atoms with Crippen molar-refractivity contribution in [1.82, 2.24) is 9.78 Å². The number of benzene rings is 2. The quantitative estimate of drug-likeness (QED) is 0.124. The van der Waals surface area contributed by atoms with Crippen LogP contribution in [0.2, 0.25) is 0 Å². The number of carbonyl (C=O) groups excluding carboxylic acids is 3. The number of ether oxygens (including phenoxy) is 3. The van der Waals surface area contributed by atoms with Crippen molar-refractivity contribution in [2.24, 2.45) is 0 Å². The number of fused-ring (bicyclic) bond motifs is 1. The van der Waals surface area contributed by atoms with Crippen LogP contribution >= 0.6 is 0 Å². The first-order valence-corrected chi connectivity index (χ1v) is 13.2. The SMILES string of the molecule is CCCCCc1nn(C(=O)OC(C)(C)C)c2ccc(Oc3c(C)cc(NOOC(=O)COC(C)=O)cc3C)cc12. The molecule has 0 fully saturated rings. The Morgan fingerprint density at radius 3 is 2.35 bits per heavy atom. The van der Waals surface area contributed by atoms with Crippen LogP contribution in [0.15, 0.2) is 30.3 Å². The van der Waals surface area contributed by atoms with Crippen LogP contribution in [0, 0.1) is 13.8 Å². The topological polar surface area (TPSA) is 127 Å². The third-order valence-corrected chi connectivity index (χ3v) is 5.68. The largest absolute Gasteiger partial charge is 0.457 e. The number of hydrogen-bond donors (Lipinski definition) is 1. The van der Waals surface area contributed by atoms with Gasteiger partial charge in [-0.05, 0) is 88.9 Å². The maximum atomic E-state index is 12.9. The number of unbranched alkanes of at least 4 members (excludes halogenated alkanes) is 2. The van der Waals surface area contributed by atoms with E-state index in [2.05, 4.69) is 27.1 Å². The molecule has 216 valence electrons. The fraction of sp³-hybridized carbons (Fsp3) is 0.448. The van der Waals surface area contributed by atoms with Crippen LogP contribution in [0.25, 0.3) is 10.9 Å². The standard InChI is InChI=1S/C29H37N3O8/c1-8-9-10-11-24-23-16-22(12-13-25(23)32(30-24)28(35)38-29(5,6)7)37-27-18(2)14-21(15-19(27)3)31-40-39-26(34)17-36-20(4)33/h12-16,31H,8-11,17H2,1-7H3. The van der Waals surface area contributed by atoms with Crippen LogP contribution in [0.4, 0.5) is 10.5 Å². The van der Waals surface area contributed by atoms with Crippen molar-refractivity contribution in [2.75, 3.05) is 12.1 Å². The summed E-state index contributed by atoms with van der Waals surface area (Å²) in [5.41, 5.74) is 5.47. The Hall–Kier alpha value is -4.12. The maximum Gasteiger partial charge on any atom is 0.435 e. The van der Waals surface area contributed by atoms with E-state index in [0.717, 1.165) is 47.9 Å². The highest BCUT2D eigenvalue weighted by atomic mass is 17.3. The van der Waals surface area contributed by atoms with Gasteiger partial charge >= 0.3 is 18.0 Å². The van der Waals surface area contributed by atoms with Crippen molar-refractivity contribution < 1.29 is 38.5 Å². The van der Waals surface area contributed by atoms with Gasteiger partial charge in [0.2, 0.25) is 0 Å². The van der Waals surface area contributed by atoms with Gasteiger partial charge < -0.3 is 14.2 Å². The summed E-state index contributed by atoms with van der Waals surface area (Å²) >= 11 is 0. The number of esters is 1. The van der Waals surface area contributed by atoms with E-state index < -0.39 is 30.2 Å². The molecule has 3 rings (SSSR count). The van der Waals surface area contributed by atoms with Crippen molar-refractivity contribution in [3.63, 3.8) is 0 Å². The second-order valence-corrected chi connectivity index (χ2v) is 10.4. The lowest BCUT2D eigenvalue weighted by Crippen LogP contribution is -2.27. The van der Waals surface area contributed by atoms with E-state index in [-0.39, 0.29) is 0 Å². The molecule has 1 heterocycles. The number of nitrogens with one attached hydrogen (secondary N) is 1. The van der Waals surface area contributed by atoms with E-state index >= 15 is 0 Å². The predicted octanol–water partition coefficient (Wildman–Crippen LogP) is 6.33. The molecule has 0 atom stereocenters. The fourth-order valence-corrected chi connectivity index (χ4v) is 3.98. The van der Waals surface area contributed by atoms with Crippen LogP contribution < -0.4 is 10.2 Å². The highest BCUT2D eigenvalue weighted by Crippen LogP contribution is 2.34. The number of anilines is 1. The van der Waals surface area contributed by atoms with E-state index in [1.54, 1.807) is 18.2 Å². The molecule has 11 nitrogen and oxygen atoms in total. The van der Waals surface area contributed by atoms with Crippen molar-refractivity contribution in [3.05, 3.63) is 47.2 Å². The zero-order valence-electron chi connectivity index (χ0n) is 24.1. The Morgan fingerprint density at radius 2 is 1.73 bits per heavy atom. The lowest BCUT2D eigenvalue weighted by atomic mass is 10.1. The molecule has 40 heavy (non-hydrogen) atoms. The van der Waals surface area contributed by atoms with E-state index in [1.807, 2.05) is 46.8 Å². The zero-order chi connectivity index (χ0) is 29.4. The first-order valence-electron chi connectivity index (χ1n) is 13.2. The molecule has 0 unspecified atom stereocenters. The Kier molecular flexibility index (Phi) is 10.1. The highest BCUT2D eigenvalue weighted by Gasteiger charge is 2.22. The molecule has 0 amide bonds. The van der Waals surface area contributed by atoms with Crippen LogP contribution in [0.5, 0.6) is 11.5 Å². The maximum absolute atomic E-state index is 12.9. The summed E-state index contributed by atoms with van der Waals surface area (Å²) in [5.74, 6) is -0.231. The minimum Gasteiger partial charge on any atom is -0.457 e. The molecular formula is C29H37N3O8. The van der Waals surface area contributed by atoms with Crippen molar-refractivity contribution in [3.8, 4) is 11.5 Å². The smallest absolute Gasteiger partial charge is 0.435 e. The molecule has 0 saturated heterocycles. The molecule has 0 radical (unpaired) electrons. The van der Waals surface area contributed by atoms with Gasteiger partial charge in [0.25, 0.3) is 0 Å². The molecule has 0 spiro atoms. The van der Waals surface area contributed by atoms with Crippen molar-refractivity contribution >= 4 is 34.6 Å². The van der Waals surface area contributed by atoms with Crippen molar-refractivity contribution in [1.29, 1.82) is 0 Å². The van der Waals surface area contributed by atoms with Crippen LogP contribution in [0.1, 0.15) is 70.7 Å². The molecule has 0 aliphatic rings. The summed E-state index contributed by atoms with van der Waals surface area (Å²) in [5, 5.41) is 5.44. The third-order valence-electron chi connectivity index (χ3n) is 5.68. The summed E-state index contributed by atoms with van der Waals surface area (Å²) in [6.07, 6.45) is 3.29. The minimum atomic E-state index is -0.865. The first-order chi connectivity index (χ1) is 18.9.